The third kappa shape index (κ3) is 2.60. The van der Waals surface area contributed by atoms with Crippen molar-refractivity contribution in [3.05, 3.63) is 52.9 Å². The van der Waals surface area contributed by atoms with Crippen molar-refractivity contribution in [2.24, 2.45) is 0 Å². The summed E-state index contributed by atoms with van der Waals surface area (Å²) in [5, 5.41) is 6.31. The first-order valence-corrected chi connectivity index (χ1v) is 8.51. The molecule has 0 amide bonds. The Morgan fingerprint density at radius 3 is 2.63 bits per heavy atom. The van der Waals surface area contributed by atoms with Crippen LogP contribution in [0.25, 0.3) is 0 Å². The van der Waals surface area contributed by atoms with E-state index in [1.54, 1.807) is 0 Å². The van der Waals surface area contributed by atoms with Crippen molar-refractivity contribution < 1.29 is 0 Å². The lowest BCUT2D eigenvalue weighted by Gasteiger charge is -2.36. The third-order valence-corrected chi connectivity index (χ3v) is 6.27. The number of rotatable bonds is 3. The van der Waals surface area contributed by atoms with Crippen LogP contribution in [0.5, 0.6) is 0 Å². The van der Waals surface area contributed by atoms with Gasteiger partial charge in [0.25, 0.3) is 0 Å². The van der Waals surface area contributed by atoms with Crippen molar-refractivity contribution >= 4 is 23.1 Å². The van der Waals surface area contributed by atoms with Gasteiger partial charge in [-0.1, -0.05) is 37.3 Å². The summed E-state index contributed by atoms with van der Waals surface area (Å²) in [4.78, 5) is 0. The molecule has 0 radical (unpaired) electrons. The molecule has 3 unspecified atom stereocenters. The smallest absolute Gasteiger partial charge is 0.0601 e. The predicted octanol–water partition coefficient (Wildman–Crippen LogP) is 4.68. The van der Waals surface area contributed by atoms with Gasteiger partial charge in [-0.05, 0) is 42.0 Å². The van der Waals surface area contributed by atoms with Gasteiger partial charge in [-0.2, -0.15) is 0 Å². The highest BCUT2D eigenvalue weighted by Gasteiger charge is 2.32. The first-order chi connectivity index (χ1) is 9.29. The molecular formula is C16H19NS2. The monoisotopic (exact) mass is 289 g/mol. The molecule has 3 heteroatoms. The maximum atomic E-state index is 3.53. The van der Waals surface area contributed by atoms with Gasteiger partial charge in [-0.25, -0.2) is 0 Å². The summed E-state index contributed by atoms with van der Waals surface area (Å²) >= 11 is 3.87. The topological polar surface area (TPSA) is 12.0 Å². The molecule has 3 atom stereocenters. The van der Waals surface area contributed by atoms with Gasteiger partial charge in [0.15, 0.2) is 0 Å². The van der Waals surface area contributed by atoms with Crippen molar-refractivity contribution in [1.82, 2.24) is 5.32 Å². The van der Waals surface area contributed by atoms with E-state index >= 15 is 0 Å². The second-order valence-corrected chi connectivity index (χ2v) is 7.61. The van der Waals surface area contributed by atoms with Crippen molar-refractivity contribution in [2.45, 2.75) is 34.8 Å². The Bertz CT molecular complexity index is 535. The lowest BCUT2D eigenvalue weighted by molar-refractivity contribution is 0.473. The lowest BCUT2D eigenvalue weighted by Crippen LogP contribution is -2.33. The summed E-state index contributed by atoms with van der Waals surface area (Å²) in [6.07, 6.45) is 1.24. The number of fused-ring (bicyclic) bond motifs is 1. The molecule has 3 rings (SSSR count). The Labute approximate surface area is 123 Å². The van der Waals surface area contributed by atoms with Crippen LogP contribution in [0.2, 0.25) is 0 Å². The molecule has 1 nitrogen and oxygen atoms in total. The van der Waals surface area contributed by atoms with Crippen molar-refractivity contribution in [3.63, 3.8) is 0 Å². The number of thiophene rings is 1. The zero-order valence-corrected chi connectivity index (χ0v) is 12.9. The van der Waals surface area contributed by atoms with E-state index in [0.717, 1.165) is 0 Å². The number of nitrogens with one attached hydrogen (secondary N) is 1. The highest BCUT2D eigenvalue weighted by atomic mass is 32.2. The maximum absolute atomic E-state index is 3.53. The molecule has 1 N–H and O–H groups in total. The summed E-state index contributed by atoms with van der Waals surface area (Å²) < 4.78 is 1.43. The van der Waals surface area contributed by atoms with E-state index in [9.17, 15) is 0 Å². The summed E-state index contributed by atoms with van der Waals surface area (Å²) in [7, 11) is 2.08. The fourth-order valence-corrected chi connectivity index (χ4v) is 5.46. The van der Waals surface area contributed by atoms with Crippen LogP contribution in [0.15, 0.2) is 46.0 Å². The number of hydrogen-bond donors (Lipinski definition) is 1. The van der Waals surface area contributed by atoms with Crippen LogP contribution in [0.3, 0.4) is 0 Å². The van der Waals surface area contributed by atoms with Crippen LogP contribution < -0.4 is 5.32 Å². The highest BCUT2D eigenvalue weighted by Crippen LogP contribution is 2.45. The molecule has 1 aliphatic rings. The van der Waals surface area contributed by atoms with Crippen molar-refractivity contribution in [3.8, 4) is 0 Å². The van der Waals surface area contributed by atoms with Gasteiger partial charge in [-0.15, -0.1) is 23.1 Å². The van der Waals surface area contributed by atoms with E-state index < -0.39 is 0 Å². The molecule has 0 aliphatic heterocycles. The third-order valence-electron chi connectivity index (χ3n) is 3.89. The Kier molecular flexibility index (Phi) is 3.96. The summed E-state index contributed by atoms with van der Waals surface area (Å²) in [5.74, 6) is 0.651. The first-order valence-electron chi connectivity index (χ1n) is 6.76. The van der Waals surface area contributed by atoms with Crippen LogP contribution in [-0.4, -0.2) is 12.3 Å². The Morgan fingerprint density at radius 2 is 1.95 bits per heavy atom. The maximum Gasteiger partial charge on any atom is 0.0601 e. The minimum absolute atomic E-state index is 0.458. The molecule has 100 valence electrons. The van der Waals surface area contributed by atoms with E-state index in [-0.39, 0.29) is 0 Å². The molecule has 0 spiro atoms. The van der Waals surface area contributed by atoms with E-state index in [4.69, 9.17) is 0 Å². The number of thioether (sulfide) groups is 1. The summed E-state index contributed by atoms with van der Waals surface area (Å²) in [6, 6.07) is 13.7. The SMILES string of the molecule is CNC1c2ccccc2C(C)CC1Sc1cccs1. The summed E-state index contributed by atoms with van der Waals surface area (Å²) in [5.41, 5.74) is 3.00. The van der Waals surface area contributed by atoms with E-state index in [1.165, 1.54) is 21.8 Å². The van der Waals surface area contributed by atoms with Crippen LogP contribution in [0.4, 0.5) is 0 Å². The van der Waals surface area contributed by atoms with Gasteiger partial charge >= 0.3 is 0 Å². The number of hydrogen-bond acceptors (Lipinski definition) is 3. The molecule has 1 heterocycles. The molecule has 0 fully saturated rings. The van der Waals surface area contributed by atoms with Crippen molar-refractivity contribution in [2.75, 3.05) is 7.05 Å². The molecule has 19 heavy (non-hydrogen) atoms. The zero-order chi connectivity index (χ0) is 13.2. The zero-order valence-electron chi connectivity index (χ0n) is 11.3. The van der Waals surface area contributed by atoms with Crippen LogP contribution in [-0.2, 0) is 0 Å². The Hall–Kier alpha value is -0.770. The fraction of sp³-hybridized carbons (Fsp3) is 0.375. The molecular weight excluding hydrogens is 270 g/mol. The minimum Gasteiger partial charge on any atom is -0.312 e. The Morgan fingerprint density at radius 1 is 1.16 bits per heavy atom. The van der Waals surface area contributed by atoms with E-state index in [0.29, 0.717) is 17.2 Å². The van der Waals surface area contributed by atoms with Gasteiger partial charge in [0.05, 0.1) is 4.21 Å². The van der Waals surface area contributed by atoms with Crippen molar-refractivity contribution in [1.29, 1.82) is 0 Å². The van der Waals surface area contributed by atoms with Gasteiger partial charge in [-0.3, -0.25) is 0 Å². The average molecular weight is 289 g/mol. The largest absolute Gasteiger partial charge is 0.312 e. The van der Waals surface area contributed by atoms with E-state index in [2.05, 4.69) is 61.1 Å². The van der Waals surface area contributed by atoms with Gasteiger partial charge in [0.1, 0.15) is 0 Å². The molecule has 0 saturated heterocycles. The molecule has 1 aromatic carbocycles. The first kappa shape index (κ1) is 13.2. The molecule has 1 aliphatic carbocycles. The van der Waals surface area contributed by atoms with Gasteiger partial charge in [0.2, 0.25) is 0 Å². The predicted molar refractivity (Wildman–Crippen MR) is 85.2 cm³/mol. The standard InChI is InChI=1S/C16H19NS2/c1-11-10-14(19-15-8-5-9-18-15)16(17-2)13-7-4-3-6-12(11)13/h3-9,11,14,16-17H,10H2,1-2H3. The second-order valence-electron chi connectivity index (χ2n) is 5.12. The van der Waals surface area contributed by atoms with E-state index in [1.807, 2.05) is 23.1 Å². The highest BCUT2D eigenvalue weighted by molar-refractivity contribution is 8.01. The average Bonchev–Trinajstić information content (AvgIpc) is 2.92. The van der Waals surface area contributed by atoms with Gasteiger partial charge in [0, 0.05) is 11.3 Å². The van der Waals surface area contributed by atoms with Crippen LogP contribution in [0.1, 0.15) is 36.4 Å². The lowest BCUT2D eigenvalue weighted by atomic mass is 9.81. The van der Waals surface area contributed by atoms with Gasteiger partial charge < -0.3 is 5.32 Å². The Balaban J connectivity index is 1.91. The normalized spacial score (nSPS) is 26.1. The van der Waals surface area contributed by atoms with Crippen LogP contribution >= 0.6 is 23.1 Å². The minimum atomic E-state index is 0.458. The quantitative estimate of drug-likeness (QED) is 0.880. The molecule has 0 saturated carbocycles. The molecule has 0 bridgehead atoms. The molecule has 2 aromatic rings. The molecule has 1 aromatic heterocycles. The number of benzene rings is 1. The van der Waals surface area contributed by atoms with Crippen LogP contribution in [0, 0.1) is 0 Å². The fourth-order valence-electron chi connectivity index (χ4n) is 2.99. The summed E-state index contributed by atoms with van der Waals surface area (Å²) in [6.45, 7) is 2.35. The second kappa shape index (κ2) is 5.70.